The van der Waals surface area contributed by atoms with Crippen LogP contribution in [-0.2, 0) is 17.8 Å². The quantitative estimate of drug-likeness (QED) is 0.168. The maximum atomic E-state index is 13.1. The first kappa shape index (κ1) is 27.7. The summed E-state index contributed by atoms with van der Waals surface area (Å²) in [4.78, 5) is 26.0. The van der Waals surface area contributed by atoms with E-state index in [9.17, 15) is 9.59 Å². The summed E-state index contributed by atoms with van der Waals surface area (Å²) in [5.74, 6) is 0.185. The lowest BCUT2D eigenvalue weighted by atomic mass is 10.0. The highest BCUT2D eigenvalue weighted by atomic mass is 35.5. The highest BCUT2D eigenvalue weighted by molar-refractivity contribution is 8.26. The Bertz CT molecular complexity index is 1420. The van der Waals surface area contributed by atoms with Crippen LogP contribution in [-0.4, -0.2) is 28.3 Å². The van der Waals surface area contributed by atoms with Crippen molar-refractivity contribution in [3.05, 3.63) is 111 Å². The molecular weight excluding hydrogens is 563 g/mol. The van der Waals surface area contributed by atoms with Gasteiger partial charge in [-0.3, -0.25) is 15.0 Å². The average molecular weight is 586 g/mol. The second-order valence-corrected chi connectivity index (χ2v) is 10.6. The number of carbonyl (C=O) groups is 2. The van der Waals surface area contributed by atoms with Gasteiger partial charge in [0.1, 0.15) is 6.61 Å². The van der Waals surface area contributed by atoms with E-state index in [4.69, 9.17) is 44.9 Å². The number of benzene rings is 3. The van der Waals surface area contributed by atoms with Crippen LogP contribution in [0.3, 0.4) is 0 Å². The number of nitrogens with zero attached hydrogens (tertiary/aromatic N) is 1. The monoisotopic (exact) mass is 584 g/mol. The molecule has 4 rings (SSSR count). The molecule has 10 heteroatoms. The molecule has 0 aliphatic carbocycles. The van der Waals surface area contributed by atoms with Crippen LogP contribution in [0.5, 0.6) is 11.5 Å². The van der Waals surface area contributed by atoms with Crippen molar-refractivity contribution < 1.29 is 19.1 Å². The molecule has 2 amide bonds. The van der Waals surface area contributed by atoms with Gasteiger partial charge < -0.3 is 9.47 Å². The number of hydrogen-bond acceptors (Lipinski definition) is 6. The molecule has 6 nitrogen and oxygen atoms in total. The lowest BCUT2D eigenvalue weighted by molar-refractivity contribution is -0.123. The predicted molar refractivity (Wildman–Crippen MR) is 157 cm³/mol. The summed E-state index contributed by atoms with van der Waals surface area (Å²) in [6.45, 7) is 4.17. The molecule has 3 aromatic carbocycles. The number of ether oxygens (including phenoxy) is 2. The summed E-state index contributed by atoms with van der Waals surface area (Å²) in [6.07, 6.45) is 3.98. The lowest BCUT2D eigenvalue weighted by Crippen LogP contribution is -2.44. The Morgan fingerprint density at radius 2 is 1.76 bits per heavy atom. The number of allylic oxidation sites excluding steroid dienone is 1. The van der Waals surface area contributed by atoms with Gasteiger partial charge in [0.05, 0.1) is 12.0 Å². The van der Waals surface area contributed by atoms with E-state index in [1.54, 1.807) is 61.7 Å². The zero-order valence-electron chi connectivity index (χ0n) is 20.2. The summed E-state index contributed by atoms with van der Waals surface area (Å²) >= 11 is 18.3. The Kier molecular flexibility index (Phi) is 9.12. The van der Waals surface area contributed by atoms with Gasteiger partial charge in [0.15, 0.2) is 15.8 Å². The van der Waals surface area contributed by atoms with E-state index in [0.717, 1.165) is 27.9 Å². The Balaban J connectivity index is 1.56. The molecule has 1 saturated heterocycles. The van der Waals surface area contributed by atoms with Crippen molar-refractivity contribution in [2.75, 3.05) is 7.11 Å². The number of hydrogen-bond donors (Lipinski definition) is 1. The first-order valence-electron chi connectivity index (χ1n) is 11.3. The Labute approximate surface area is 240 Å². The molecule has 0 atom stereocenters. The van der Waals surface area contributed by atoms with E-state index in [1.165, 1.54) is 0 Å². The molecule has 0 unspecified atom stereocenters. The summed E-state index contributed by atoms with van der Waals surface area (Å²) in [5, 5.41) is 2.22. The van der Waals surface area contributed by atoms with Crippen LogP contribution in [0.1, 0.15) is 27.0 Å². The normalized spacial score (nSPS) is 14.1. The van der Waals surface area contributed by atoms with Crippen molar-refractivity contribution in [2.45, 2.75) is 13.0 Å². The summed E-state index contributed by atoms with van der Waals surface area (Å²) in [5.41, 5.74) is 5.41. The van der Waals surface area contributed by atoms with Gasteiger partial charge >= 0.3 is 0 Å². The minimum absolute atomic E-state index is 0.213. The summed E-state index contributed by atoms with van der Waals surface area (Å²) < 4.78 is 12.0. The zero-order valence-corrected chi connectivity index (χ0v) is 23.3. The van der Waals surface area contributed by atoms with Crippen LogP contribution < -0.4 is 14.9 Å². The molecule has 1 fully saturated rings. The Morgan fingerprint density at radius 3 is 2.39 bits per heavy atom. The van der Waals surface area contributed by atoms with E-state index in [2.05, 4.69) is 12.0 Å². The number of carbonyl (C=O) groups excluding carboxylic acids is 2. The van der Waals surface area contributed by atoms with Gasteiger partial charge in [-0.1, -0.05) is 53.2 Å². The number of thioether (sulfide) groups is 1. The standard InChI is InChI=1S/C28H22Cl2N2O4S2/c1-3-4-20-13-18(14-23(35-2)25(20)36-16-17-5-9-21(29)10-6-17)15-24-27(34)32(28(37)38-24)31-26(33)19-7-11-22(30)12-8-19/h3,5-15H,1,4,16H2,2H3,(H,31,33)/b24-15-. The van der Waals surface area contributed by atoms with Crippen LogP contribution in [0.4, 0.5) is 0 Å². The summed E-state index contributed by atoms with van der Waals surface area (Å²) in [6, 6.07) is 17.4. The van der Waals surface area contributed by atoms with E-state index in [-0.39, 0.29) is 4.32 Å². The molecule has 0 bridgehead atoms. The third kappa shape index (κ3) is 6.57. The molecule has 0 saturated carbocycles. The largest absolute Gasteiger partial charge is 0.493 e. The molecule has 1 aliphatic heterocycles. The van der Waals surface area contributed by atoms with Gasteiger partial charge in [-0.05, 0) is 84.4 Å². The second kappa shape index (κ2) is 12.5. The first-order chi connectivity index (χ1) is 18.3. The van der Waals surface area contributed by atoms with Crippen molar-refractivity contribution in [2.24, 2.45) is 0 Å². The number of amides is 2. The number of rotatable bonds is 9. The van der Waals surface area contributed by atoms with Crippen molar-refractivity contribution >= 4 is 69.4 Å². The van der Waals surface area contributed by atoms with E-state index in [0.29, 0.717) is 50.6 Å². The van der Waals surface area contributed by atoms with Gasteiger partial charge in [-0.2, -0.15) is 5.01 Å². The topological polar surface area (TPSA) is 67.9 Å². The van der Waals surface area contributed by atoms with E-state index < -0.39 is 11.8 Å². The Morgan fingerprint density at radius 1 is 1.11 bits per heavy atom. The molecular formula is C28H22Cl2N2O4S2. The number of halogens is 2. The first-order valence-corrected chi connectivity index (χ1v) is 13.3. The van der Waals surface area contributed by atoms with E-state index in [1.807, 2.05) is 18.2 Å². The van der Waals surface area contributed by atoms with Gasteiger partial charge in [-0.15, -0.1) is 6.58 Å². The maximum absolute atomic E-state index is 13.1. The minimum Gasteiger partial charge on any atom is -0.493 e. The van der Waals surface area contributed by atoms with Gasteiger partial charge in [0, 0.05) is 21.2 Å². The molecule has 0 radical (unpaired) electrons. The molecule has 194 valence electrons. The zero-order chi connectivity index (χ0) is 27.2. The lowest BCUT2D eigenvalue weighted by Gasteiger charge is -2.16. The maximum Gasteiger partial charge on any atom is 0.285 e. The van der Waals surface area contributed by atoms with Crippen LogP contribution in [0.15, 0.2) is 78.2 Å². The minimum atomic E-state index is -0.476. The summed E-state index contributed by atoms with van der Waals surface area (Å²) in [7, 11) is 1.55. The number of nitrogens with one attached hydrogen (secondary N) is 1. The smallest absolute Gasteiger partial charge is 0.285 e. The number of methoxy groups -OCH3 is 1. The van der Waals surface area contributed by atoms with Gasteiger partial charge in [0.2, 0.25) is 0 Å². The molecule has 1 aliphatic rings. The Hall–Kier alpha value is -3.30. The fourth-order valence-electron chi connectivity index (χ4n) is 3.61. The highest BCUT2D eigenvalue weighted by Crippen LogP contribution is 2.37. The fourth-order valence-corrected chi connectivity index (χ4v) is 5.04. The third-order valence-electron chi connectivity index (χ3n) is 5.45. The third-order valence-corrected chi connectivity index (χ3v) is 7.25. The molecule has 3 aromatic rings. The van der Waals surface area contributed by atoms with E-state index >= 15 is 0 Å². The van der Waals surface area contributed by atoms with Crippen LogP contribution in [0.2, 0.25) is 10.0 Å². The average Bonchev–Trinajstić information content (AvgIpc) is 3.16. The van der Waals surface area contributed by atoms with Crippen molar-refractivity contribution in [1.29, 1.82) is 0 Å². The fraction of sp³-hybridized carbons (Fsp3) is 0.107. The van der Waals surface area contributed by atoms with Crippen molar-refractivity contribution in [1.82, 2.24) is 10.4 Å². The molecule has 1 N–H and O–H groups in total. The molecule has 0 spiro atoms. The number of thiocarbonyl (C=S) groups is 1. The highest BCUT2D eigenvalue weighted by Gasteiger charge is 2.34. The molecule has 38 heavy (non-hydrogen) atoms. The van der Waals surface area contributed by atoms with Gasteiger partial charge in [-0.25, -0.2) is 0 Å². The second-order valence-electron chi connectivity index (χ2n) is 8.08. The van der Waals surface area contributed by atoms with Crippen molar-refractivity contribution in [3.8, 4) is 11.5 Å². The van der Waals surface area contributed by atoms with Crippen molar-refractivity contribution in [3.63, 3.8) is 0 Å². The van der Waals surface area contributed by atoms with Crippen LogP contribution in [0, 0.1) is 0 Å². The van der Waals surface area contributed by atoms with Crippen LogP contribution >= 0.6 is 47.2 Å². The number of hydrazine groups is 1. The predicted octanol–water partition coefficient (Wildman–Crippen LogP) is 6.86. The molecule has 0 aromatic heterocycles. The van der Waals surface area contributed by atoms with Crippen LogP contribution in [0.25, 0.3) is 6.08 Å². The van der Waals surface area contributed by atoms with Gasteiger partial charge in [0.25, 0.3) is 11.8 Å². The SMILES string of the molecule is C=CCc1cc(/C=C2\SC(=S)N(NC(=O)c3ccc(Cl)cc3)C2=O)cc(OC)c1OCc1ccc(Cl)cc1. The molecule has 1 heterocycles.